The van der Waals surface area contributed by atoms with Crippen molar-refractivity contribution in [3.63, 3.8) is 0 Å². The summed E-state index contributed by atoms with van der Waals surface area (Å²) in [7, 11) is 0. The molecule has 0 saturated heterocycles. The third-order valence-electron chi connectivity index (χ3n) is 12.1. The maximum Gasteiger partial charge on any atom is 0.137 e. The molecule has 56 heavy (non-hydrogen) atoms. The maximum absolute atomic E-state index is 6.42. The molecule has 0 aliphatic heterocycles. The van der Waals surface area contributed by atoms with Gasteiger partial charge in [0.1, 0.15) is 16.2 Å². The Bertz CT molecular complexity index is 3200. The van der Waals surface area contributed by atoms with Crippen molar-refractivity contribution in [1.82, 2.24) is 4.98 Å². The number of thiazole rings is 1. The fraction of sp³-hybridized carbons (Fsp3) is 0.0577. The second-order valence-electron chi connectivity index (χ2n) is 15.5. The van der Waals surface area contributed by atoms with E-state index >= 15 is 0 Å². The lowest BCUT2D eigenvalue weighted by Gasteiger charge is -2.28. The van der Waals surface area contributed by atoms with Gasteiger partial charge >= 0.3 is 0 Å². The van der Waals surface area contributed by atoms with Crippen LogP contribution in [-0.2, 0) is 5.41 Å². The van der Waals surface area contributed by atoms with Crippen LogP contribution in [-0.4, -0.2) is 4.98 Å². The van der Waals surface area contributed by atoms with Crippen LogP contribution in [0.5, 0.6) is 0 Å². The summed E-state index contributed by atoms with van der Waals surface area (Å²) in [5.74, 6) is 0. The average molecular weight is 735 g/mol. The molecule has 0 N–H and O–H groups in total. The SMILES string of the molecule is CC1(C)c2ccccc2-c2ccc(N(c3ccc(-c4ccc5c6c(cccc46)-c4sc(-c6ccccc6)nc4-5)cc3)c3ccc4c(c3)oc3ccccc34)cc21. The first-order valence-corrected chi connectivity index (χ1v) is 20.0. The molecule has 2 aromatic heterocycles. The summed E-state index contributed by atoms with van der Waals surface area (Å²) in [5, 5.41) is 5.88. The number of fused-ring (bicyclic) bond motifs is 9. The second kappa shape index (κ2) is 11.6. The summed E-state index contributed by atoms with van der Waals surface area (Å²) in [6.07, 6.45) is 0. The molecule has 0 spiro atoms. The van der Waals surface area contributed by atoms with Crippen LogP contribution in [0.4, 0.5) is 17.1 Å². The van der Waals surface area contributed by atoms with Crippen LogP contribution in [0.3, 0.4) is 0 Å². The summed E-state index contributed by atoms with van der Waals surface area (Å²) >= 11 is 1.79. The van der Waals surface area contributed by atoms with Gasteiger partial charge in [0.05, 0.1) is 10.6 Å². The summed E-state index contributed by atoms with van der Waals surface area (Å²) < 4.78 is 6.42. The molecule has 8 aromatic carbocycles. The summed E-state index contributed by atoms with van der Waals surface area (Å²) in [6.45, 7) is 4.69. The first-order chi connectivity index (χ1) is 27.5. The molecule has 264 valence electrons. The maximum atomic E-state index is 6.42. The van der Waals surface area contributed by atoms with E-state index in [9.17, 15) is 0 Å². The lowest BCUT2D eigenvalue weighted by atomic mass is 9.82. The Balaban J connectivity index is 0.975. The minimum atomic E-state index is -0.113. The van der Waals surface area contributed by atoms with Crippen molar-refractivity contribution >= 4 is 61.1 Å². The standard InChI is InChI=1S/C52H34N2OS/c1-52(2)44-17-8-6-13-37(44)38-25-23-34(29-45(38)52)54(35-24-26-40-39-14-7-9-18-46(39)55-47(40)30-35)33-21-19-31(20-22-33)36-27-28-42-48-41(36)15-10-16-43(48)50-49(42)53-51(56-50)32-11-4-3-5-12-32/h3-30H,1-2H3. The molecule has 0 unspecified atom stereocenters. The van der Waals surface area contributed by atoms with E-state index in [0.29, 0.717) is 0 Å². The van der Waals surface area contributed by atoms with Gasteiger partial charge in [-0.2, -0.15) is 0 Å². The van der Waals surface area contributed by atoms with E-state index in [1.807, 2.05) is 12.1 Å². The van der Waals surface area contributed by atoms with Crippen LogP contribution in [0.1, 0.15) is 25.0 Å². The zero-order valence-corrected chi connectivity index (χ0v) is 31.7. The van der Waals surface area contributed by atoms with E-state index < -0.39 is 0 Å². The molecule has 0 amide bonds. The normalized spacial score (nSPS) is 13.3. The van der Waals surface area contributed by atoms with Gasteiger partial charge < -0.3 is 9.32 Å². The summed E-state index contributed by atoms with van der Waals surface area (Å²) in [6, 6.07) is 61.6. The zero-order valence-electron chi connectivity index (χ0n) is 30.9. The van der Waals surface area contributed by atoms with E-state index in [-0.39, 0.29) is 5.41 Å². The molecule has 2 aliphatic carbocycles. The van der Waals surface area contributed by atoms with Gasteiger partial charge in [0, 0.05) is 61.4 Å². The predicted octanol–water partition coefficient (Wildman–Crippen LogP) is 15.0. The van der Waals surface area contributed by atoms with Gasteiger partial charge in [0.2, 0.25) is 0 Å². The Hall–Kier alpha value is -6.75. The number of furan rings is 1. The monoisotopic (exact) mass is 734 g/mol. The lowest BCUT2D eigenvalue weighted by molar-refractivity contribution is 0.660. The number of hydrogen-bond acceptors (Lipinski definition) is 4. The topological polar surface area (TPSA) is 29.3 Å². The number of benzene rings is 8. The van der Waals surface area contributed by atoms with Gasteiger partial charge in [-0.1, -0.05) is 135 Å². The summed E-state index contributed by atoms with van der Waals surface area (Å²) in [4.78, 5) is 8.80. The van der Waals surface area contributed by atoms with Gasteiger partial charge in [0.15, 0.2) is 0 Å². The van der Waals surface area contributed by atoms with Crippen LogP contribution < -0.4 is 4.90 Å². The zero-order chi connectivity index (χ0) is 37.1. The lowest BCUT2D eigenvalue weighted by Crippen LogP contribution is -2.16. The molecule has 0 bridgehead atoms. The molecule has 2 aliphatic rings. The fourth-order valence-corrected chi connectivity index (χ4v) is 10.5. The van der Waals surface area contributed by atoms with E-state index in [0.717, 1.165) is 55.3 Å². The largest absolute Gasteiger partial charge is 0.456 e. The van der Waals surface area contributed by atoms with Crippen molar-refractivity contribution in [2.75, 3.05) is 4.90 Å². The highest BCUT2D eigenvalue weighted by Crippen LogP contribution is 2.54. The molecule has 3 nitrogen and oxygen atoms in total. The molecular formula is C52H34N2OS. The first kappa shape index (κ1) is 31.6. The molecule has 2 heterocycles. The van der Waals surface area contributed by atoms with Crippen LogP contribution in [0.25, 0.3) is 87.2 Å². The van der Waals surface area contributed by atoms with Crippen molar-refractivity contribution in [1.29, 1.82) is 0 Å². The van der Waals surface area contributed by atoms with Crippen molar-refractivity contribution in [3.8, 4) is 54.5 Å². The number of nitrogens with zero attached hydrogens (tertiary/aromatic N) is 2. The molecule has 10 aromatic rings. The molecule has 0 saturated carbocycles. The number of rotatable bonds is 5. The van der Waals surface area contributed by atoms with Gasteiger partial charge in [-0.3, -0.25) is 0 Å². The Labute approximate surface area is 328 Å². The van der Waals surface area contributed by atoms with E-state index in [2.05, 4.69) is 176 Å². The van der Waals surface area contributed by atoms with Crippen molar-refractivity contribution in [3.05, 3.63) is 181 Å². The highest BCUT2D eigenvalue weighted by Gasteiger charge is 2.36. The smallest absolute Gasteiger partial charge is 0.137 e. The number of aromatic nitrogens is 1. The predicted molar refractivity (Wildman–Crippen MR) is 234 cm³/mol. The molecule has 4 heteroatoms. The van der Waals surface area contributed by atoms with E-state index in [4.69, 9.17) is 9.40 Å². The van der Waals surface area contributed by atoms with Gasteiger partial charge in [-0.05, 0) is 81.2 Å². The van der Waals surface area contributed by atoms with Crippen LogP contribution in [0, 0.1) is 0 Å². The van der Waals surface area contributed by atoms with Gasteiger partial charge in [-0.15, -0.1) is 11.3 Å². The minimum Gasteiger partial charge on any atom is -0.456 e. The summed E-state index contributed by atoms with van der Waals surface area (Å²) in [5.41, 5.74) is 17.4. The van der Waals surface area contributed by atoms with E-state index in [1.165, 1.54) is 60.2 Å². The van der Waals surface area contributed by atoms with Gasteiger partial charge in [0.25, 0.3) is 0 Å². The molecule has 0 atom stereocenters. The first-order valence-electron chi connectivity index (χ1n) is 19.2. The third-order valence-corrected chi connectivity index (χ3v) is 13.2. The Kier molecular flexibility index (Phi) is 6.56. The highest BCUT2D eigenvalue weighted by atomic mass is 32.1. The average Bonchev–Trinajstić information content (AvgIpc) is 3.98. The number of hydrogen-bond donors (Lipinski definition) is 0. The molecule has 0 radical (unpaired) electrons. The minimum absolute atomic E-state index is 0.113. The Morgan fingerprint density at radius 1 is 0.482 bits per heavy atom. The van der Waals surface area contributed by atoms with E-state index in [1.54, 1.807) is 11.3 Å². The van der Waals surface area contributed by atoms with Crippen molar-refractivity contribution < 1.29 is 4.42 Å². The van der Waals surface area contributed by atoms with Crippen molar-refractivity contribution in [2.24, 2.45) is 0 Å². The van der Waals surface area contributed by atoms with Crippen LogP contribution in [0.2, 0.25) is 0 Å². The molecule has 0 fully saturated rings. The quantitative estimate of drug-likeness (QED) is 0.176. The Morgan fingerprint density at radius 2 is 1.14 bits per heavy atom. The number of para-hydroxylation sites is 1. The Morgan fingerprint density at radius 3 is 2.04 bits per heavy atom. The third kappa shape index (κ3) is 4.48. The second-order valence-corrected chi connectivity index (χ2v) is 16.5. The molecule has 12 rings (SSSR count). The van der Waals surface area contributed by atoms with Crippen molar-refractivity contribution in [2.45, 2.75) is 19.3 Å². The van der Waals surface area contributed by atoms with Crippen LogP contribution >= 0.6 is 11.3 Å². The van der Waals surface area contributed by atoms with Crippen LogP contribution in [0.15, 0.2) is 174 Å². The number of anilines is 3. The highest BCUT2D eigenvalue weighted by molar-refractivity contribution is 7.19. The van der Waals surface area contributed by atoms with Gasteiger partial charge in [-0.25, -0.2) is 4.98 Å². The fourth-order valence-electron chi connectivity index (χ4n) is 9.36. The molecular weight excluding hydrogens is 701 g/mol.